The quantitative estimate of drug-likeness (QED) is 0.321. The van der Waals surface area contributed by atoms with Gasteiger partial charge in [-0.25, -0.2) is 9.59 Å². The third-order valence-electron chi connectivity index (χ3n) is 6.90. The maximum Gasteiger partial charge on any atom is 0.407 e. The number of nitrogens with one attached hydrogen (secondary N) is 2. The van der Waals surface area contributed by atoms with Crippen LogP contribution in [0.4, 0.5) is 4.79 Å². The number of alkyl carbamates (subject to hydrolysis) is 1. The molecule has 210 valence electrons. The van der Waals surface area contributed by atoms with E-state index in [4.69, 9.17) is 4.74 Å². The SMILES string of the molecule is CN(C)C[C@H](NC(=O)OCC1c2ccccc2-c2ccccc21)C(=O)NC(CN(C)Cc1ccccc1)C(=O)O. The van der Waals surface area contributed by atoms with E-state index >= 15 is 0 Å². The minimum Gasteiger partial charge on any atom is -0.480 e. The van der Waals surface area contributed by atoms with Crippen molar-refractivity contribution in [2.45, 2.75) is 24.5 Å². The first-order valence-corrected chi connectivity index (χ1v) is 13.2. The van der Waals surface area contributed by atoms with E-state index in [9.17, 15) is 19.5 Å². The highest BCUT2D eigenvalue weighted by Gasteiger charge is 2.31. The number of likely N-dealkylation sites (N-methyl/N-ethyl adjacent to an activating group) is 2. The zero-order valence-electron chi connectivity index (χ0n) is 23.0. The lowest BCUT2D eigenvalue weighted by Gasteiger charge is -2.26. The summed E-state index contributed by atoms with van der Waals surface area (Å²) in [7, 11) is 5.32. The van der Waals surface area contributed by atoms with E-state index in [0.29, 0.717) is 6.54 Å². The number of nitrogens with zero attached hydrogens (tertiary/aromatic N) is 2. The van der Waals surface area contributed by atoms with Gasteiger partial charge in [-0.05, 0) is 49.0 Å². The van der Waals surface area contributed by atoms with Gasteiger partial charge in [0.25, 0.3) is 0 Å². The maximum atomic E-state index is 13.2. The molecule has 0 saturated heterocycles. The van der Waals surface area contributed by atoms with Crippen molar-refractivity contribution in [3.63, 3.8) is 0 Å². The van der Waals surface area contributed by atoms with Crippen molar-refractivity contribution in [2.75, 3.05) is 40.8 Å². The molecule has 9 nitrogen and oxygen atoms in total. The molecule has 1 unspecified atom stereocenters. The van der Waals surface area contributed by atoms with Crippen molar-refractivity contribution in [3.05, 3.63) is 95.6 Å². The van der Waals surface area contributed by atoms with Crippen LogP contribution in [0.1, 0.15) is 22.6 Å². The third kappa shape index (κ3) is 7.25. The van der Waals surface area contributed by atoms with Crippen LogP contribution in [0.3, 0.4) is 0 Å². The van der Waals surface area contributed by atoms with Crippen molar-refractivity contribution < 1.29 is 24.2 Å². The monoisotopic (exact) mass is 544 g/mol. The van der Waals surface area contributed by atoms with E-state index in [-0.39, 0.29) is 25.6 Å². The lowest BCUT2D eigenvalue weighted by molar-refractivity contribution is -0.142. The standard InChI is InChI=1S/C31H36N4O5/c1-34(2)18-27(29(36)32-28(30(37)38)19-35(3)17-21-11-5-4-6-12-21)33-31(39)40-20-26-24-15-9-7-13-22(24)23-14-8-10-16-25(23)26/h4-16,26-28H,17-20H2,1-3H3,(H,32,36)(H,33,39)(H,37,38)/t27-,28?/m0/s1. The summed E-state index contributed by atoms with van der Waals surface area (Å²) in [5.74, 6) is -1.86. The van der Waals surface area contributed by atoms with Gasteiger partial charge in [0.15, 0.2) is 0 Å². The molecule has 9 heteroatoms. The summed E-state index contributed by atoms with van der Waals surface area (Å²) in [6, 6.07) is 23.6. The molecule has 0 bridgehead atoms. The second-order valence-corrected chi connectivity index (χ2v) is 10.4. The number of fused-ring (bicyclic) bond motifs is 3. The highest BCUT2D eigenvalue weighted by Crippen LogP contribution is 2.44. The predicted molar refractivity (Wildman–Crippen MR) is 153 cm³/mol. The molecule has 3 aromatic rings. The van der Waals surface area contributed by atoms with Gasteiger partial charge in [0.1, 0.15) is 18.7 Å². The van der Waals surface area contributed by atoms with Gasteiger partial charge < -0.3 is 25.4 Å². The number of hydrogen-bond acceptors (Lipinski definition) is 6. The van der Waals surface area contributed by atoms with Gasteiger partial charge in [-0.2, -0.15) is 0 Å². The molecule has 0 radical (unpaired) electrons. The molecule has 3 N–H and O–H groups in total. The van der Waals surface area contributed by atoms with E-state index in [2.05, 4.69) is 22.8 Å². The van der Waals surface area contributed by atoms with Crippen LogP contribution >= 0.6 is 0 Å². The number of amides is 2. The van der Waals surface area contributed by atoms with E-state index in [1.165, 1.54) is 0 Å². The summed E-state index contributed by atoms with van der Waals surface area (Å²) < 4.78 is 5.61. The molecule has 1 aliphatic carbocycles. The van der Waals surface area contributed by atoms with Gasteiger partial charge in [0, 0.05) is 25.6 Å². The van der Waals surface area contributed by atoms with Gasteiger partial charge in [-0.1, -0.05) is 78.9 Å². The van der Waals surface area contributed by atoms with Crippen LogP contribution in [-0.4, -0.2) is 85.8 Å². The molecule has 0 aliphatic heterocycles. The summed E-state index contributed by atoms with van der Waals surface area (Å²) in [6.07, 6.45) is -0.739. The number of carboxylic acids is 1. The zero-order chi connectivity index (χ0) is 28.6. The van der Waals surface area contributed by atoms with Gasteiger partial charge in [0.2, 0.25) is 5.91 Å². The first-order chi connectivity index (χ1) is 19.2. The normalized spacial score (nSPS) is 13.8. The highest BCUT2D eigenvalue weighted by molar-refractivity contribution is 5.89. The number of carboxylic acid groups (broad SMARTS) is 1. The van der Waals surface area contributed by atoms with Crippen LogP contribution in [0.5, 0.6) is 0 Å². The summed E-state index contributed by atoms with van der Waals surface area (Å²) in [5.41, 5.74) is 5.44. The van der Waals surface area contributed by atoms with Crippen molar-refractivity contribution in [2.24, 2.45) is 0 Å². The second kappa shape index (κ2) is 13.2. The van der Waals surface area contributed by atoms with Crippen molar-refractivity contribution in [3.8, 4) is 11.1 Å². The molecule has 40 heavy (non-hydrogen) atoms. The maximum absolute atomic E-state index is 13.2. The minimum absolute atomic E-state index is 0.0929. The number of ether oxygens (including phenoxy) is 1. The molecule has 2 atom stereocenters. The number of benzene rings is 3. The Morgan fingerprint density at radius 1 is 0.800 bits per heavy atom. The third-order valence-corrected chi connectivity index (χ3v) is 6.90. The van der Waals surface area contributed by atoms with E-state index in [0.717, 1.165) is 27.8 Å². The average Bonchev–Trinajstić information content (AvgIpc) is 3.25. The Balaban J connectivity index is 1.37. The van der Waals surface area contributed by atoms with Gasteiger partial charge in [-0.15, -0.1) is 0 Å². The Morgan fingerprint density at radius 3 is 1.95 bits per heavy atom. The predicted octanol–water partition coefficient (Wildman–Crippen LogP) is 3.16. The number of carbonyl (C=O) groups excluding carboxylic acids is 2. The first-order valence-electron chi connectivity index (χ1n) is 13.2. The zero-order valence-corrected chi connectivity index (χ0v) is 23.0. The van der Waals surface area contributed by atoms with Gasteiger partial charge >= 0.3 is 12.1 Å². The Hall–Kier alpha value is -4.21. The molecule has 0 saturated carbocycles. The minimum atomic E-state index is -1.16. The second-order valence-electron chi connectivity index (χ2n) is 10.4. The topological polar surface area (TPSA) is 111 Å². The smallest absolute Gasteiger partial charge is 0.407 e. The molecule has 1 aliphatic rings. The first kappa shape index (κ1) is 28.8. The summed E-state index contributed by atoms with van der Waals surface area (Å²) in [4.78, 5) is 41.6. The highest BCUT2D eigenvalue weighted by atomic mass is 16.5. The Morgan fingerprint density at radius 2 is 1.38 bits per heavy atom. The fraction of sp³-hybridized carbons (Fsp3) is 0.323. The van der Waals surface area contributed by atoms with Crippen LogP contribution in [0.15, 0.2) is 78.9 Å². The molecule has 3 aromatic carbocycles. The fourth-order valence-electron chi connectivity index (χ4n) is 5.07. The van der Waals surface area contributed by atoms with Crippen LogP contribution in [0.25, 0.3) is 11.1 Å². The molecule has 0 heterocycles. The molecular weight excluding hydrogens is 508 g/mol. The molecular formula is C31H36N4O5. The molecule has 0 aromatic heterocycles. The summed E-state index contributed by atoms with van der Waals surface area (Å²) in [6.45, 7) is 0.898. The summed E-state index contributed by atoms with van der Waals surface area (Å²) in [5, 5.41) is 15.0. The van der Waals surface area contributed by atoms with Crippen molar-refractivity contribution >= 4 is 18.0 Å². The van der Waals surface area contributed by atoms with Crippen LogP contribution in [0, 0.1) is 0 Å². The fourth-order valence-corrected chi connectivity index (χ4v) is 5.07. The molecule has 2 amide bonds. The Bertz CT molecular complexity index is 1280. The van der Waals surface area contributed by atoms with Crippen LogP contribution in [0.2, 0.25) is 0 Å². The molecule has 4 rings (SSSR count). The number of rotatable bonds is 12. The van der Waals surface area contributed by atoms with Crippen molar-refractivity contribution in [1.82, 2.24) is 20.4 Å². The van der Waals surface area contributed by atoms with E-state index in [1.807, 2.05) is 71.6 Å². The lowest BCUT2D eigenvalue weighted by atomic mass is 9.98. The average molecular weight is 545 g/mol. The molecule has 0 spiro atoms. The molecule has 0 fully saturated rings. The summed E-state index contributed by atoms with van der Waals surface area (Å²) >= 11 is 0. The van der Waals surface area contributed by atoms with Crippen molar-refractivity contribution in [1.29, 1.82) is 0 Å². The Labute approximate surface area is 234 Å². The van der Waals surface area contributed by atoms with Gasteiger partial charge in [0.05, 0.1) is 0 Å². The lowest BCUT2D eigenvalue weighted by Crippen LogP contribution is -2.57. The number of carbonyl (C=O) groups is 3. The van der Waals surface area contributed by atoms with Crippen LogP contribution < -0.4 is 10.6 Å². The number of aliphatic carboxylic acids is 1. The Kier molecular flexibility index (Phi) is 9.52. The number of hydrogen-bond donors (Lipinski definition) is 3. The van der Waals surface area contributed by atoms with Gasteiger partial charge in [-0.3, -0.25) is 9.69 Å². The largest absolute Gasteiger partial charge is 0.480 e. The van der Waals surface area contributed by atoms with E-state index in [1.54, 1.807) is 26.0 Å². The van der Waals surface area contributed by atoms with E-state index < -0.39 is 30.1 Å². The van der Waals surface area contributed by atoms with Crippen LogP contribution in [-0.2, 0) is 20.9 Å².